The molecule has 2 nitrogen and oxygen atoms in total. The standard InChI is InChI=1S/C10H16O2/c1-2-3-4-7-10-8(11)5-6-9(10)12-10/h9H,2-7H2,1H3/t9-,10+/m0/s1. The van der Waals surface area contributed by atoms with Crippen LogP contribution in [0.4, 0.5) is 0 Å². The van der Waals surface area contributed by atoms with Crippen LogP contribution in [0.5, 0.6) is 0 Å². The zero-order valence-corrected chi connectivity index (χ0v) is 7.64. The molecule has 0 aromatic carbocycles. The smallest absolute Gasteiger partial charge is 0.167 e. The van der Waals surface area contributed by atoms with Gasteiger partial charge < -0.3 is 4.74 Å². The minimum atomic E-state index is -0.269. The molecule has 2 aliphatic rings. The van der Waals surface area contributed by atoms with Gasteiger partial charge in [0.2, 0.25) is 0 Å². The van der Waals surface area contributed by atoms with Gasteiger partial charge in [0.1, 0.15) is 0 Å². The minimum absolute atomic E-state index is 0.269. The summed E-state index contributed by atoms with van der Waals surface area (Å²) in [6.45, 7) is 2.18. The highest BCUT2D eigenvalue weighted by molar-refractivity contribution is 5.93. The van der Waals surface area contributed by atoms with Crippen molar-refractivity contribution in [2.24, 2.45) is 0 Å². The third-order valence-electron chi connectivity index (χ3n) is 3.07. The van der Waals surface area contributed by atoms with Crippen molar-refractivity contribution >= 4 is 5.78 Å². The monoisotopic (exact) mass is 168 g/mol. The van der Waals surface area contributed by atoms with Gasteiger partial charge in [-0.3, -0.25) is 4.79 Å². The van der Waals surface area contributed by atoms with Gasteiger partial charge in [-0.2, -0.15) is 0 Å². The molecule has 1 aliphatic heterocycles. The Labute approximate surface area is 73.3 Å². The molecule has 1 heterocycles. The van der Waals surface area contributed by atoms with Gasteiger partial charge in [0.15, 0.2) is 11.4 Å². The van der Waals surface area contributed by atoms with Gasteiger partial charge >= 0.3 is 0 Å². The van der Waals surface area contributed by atoms with Crippen LogP contribution >= 0.6 is 0 Å². The number of carbonyl (C=O) groups is 1. The zero-order valence-electron chi connectivity index (χ0n) is 7.64. The van der Waals surface area contributed by atoms with Crippen molar-refractivity contribution in [2.45, 2.75) is 57.2 Å². The molecular weight excluding hydrogens is 152 g/mol. The molecule has 0 bridgehead atoms. The van der Waals surface area contributed by atoms with Crippen molar-refractivity contribution in [1.82, 2.24) is 0 Å². The van der Waals surface area contributed by atoms with Crippen LogP contribution in [0.25, 0.3) is 0 Å². The summed E-state index contributed by atoms with van der Waals surface area (Å²) < 4.78 is 5.45. The van der Waals surface area contributed by atoms with Crippen molar-refractivity contribution in [3.8, 4) is 0 Å². The molecule has 1 saturated heterocycles. The molecule has 2 atom stereocenters. The first kappa shape index (κ1) is 8.24. The fourth-order valence-electron chi connectivity index (χ4n) is 2.23. The van der Waals surface area contributed by atoms with E-state index < -0.39 is 0 Å². The number of ether oxygens (including phenoxy) is 1. The van der Waals surface area contributed by atoms with Crippen molar-refractivity contribution < 1.29 is 9.53 Å². The second kappa shape index (κ2) is 2.84. The Bertz CT molecular complexity index is 200. The Hall–Kier alpha value is -0.370. The van der Waals surface area contributed by atoms with Crippen molar-refractivity contribution in [3.05, 3.63) is 0 Å². The van der Waals surface area contributed by atoms with E-state index in [0.717, 1.165) is 25.7 Å². The third-order valence-corrected chi connectivity index (χ3v) is 3.07. The van der Waals surface area contributed by atoms with Gasteiger partial charge in [0.25, 0.3) is 0 Å². The predicted octanol–water partition coefficient (Wildman–Crippen LogP) is 2.07. The van der Waals surface area contributed by atoms with Gasteiger partial charge in [-0.1, -0.05) is 26.2 Å². The van der Waals surface area contributed by atoms with E-state index >= 15 is 0 Å². The lowest BCUT2D eigenvalue weighted by molar-refractivity contribution is -0.124. The summed E-state index contributed by atoms with van der Waals surface area (Å²) in [7, 11) is 0. The molecule has 0 amide bonds. The lowest BCUT2D eigenvalue weighted by Crippen LogP contribution is -2.21. The summed E-state index contributed by atoms with van der Waals surface area (Å²) in [6, 6.07) is 0. The lowest BCUT2D eigenvalue weighted by Gasteiger charge is -2.05. The Kier molecular flexibility index (Phi) is 1.95. The highest BCUT2D eigenvalue weighted by Crippen LogP contribution is 2.50. The third kappa shape index (κ3) is 1.09. The molecule has 0 spiro atoms. The lowest BCUT2D eigenvalue weighted by atomic mass is 9.98. The van der Waals surface area contributed by atoms with E-state index in [0.29, 0.717) is 11.9 Å². The topological polar surface area (TPSA) is 29.6 Å². The number of epoxide rings is 1. The SMILES string of the molecule is CCCCC[C@]12O[C@H]1CCC2=O. The summed E-state index contributed by atoms with van der Waals surface area (Å²) >= 11 is 0. The van der Waals surface area contributed by atoms with Crippen molar-refractivity contribution in [1.29, 1.82) is 0 Å². The fourth-order valence-corrected chi connectivity index (χ4v) is 2.23. The highest BCUT2D eigenvalue weighted by Gasteiger charge is 2.64. The average Bonchev–Trinajstić information content (AvgIpc) is 2.70. The summed E-state index contributed by atoms with van der Waals surface area (Å²) in [5, 5.41) is 0. The first-order valence-electron chi connectivity index (χ1n) is 5.01. The van der Waals surface area contributed by atoms with E-state index in [1.165, 1.54) is 12.8 Å². The number of carbonyl (C=O) groups excluding carboxylic acids is 1. The maximum Gasteiger partial charge on any atom is 0.167 e. The molecule has 68 valence electrons. The number of rotatable bonds is 4. The van der Waals surface area contributed by atoms with Crippen LogP contribution in [-0.4, -0.2) is 17.5 Å². The van der Waals surface area contributed by atoms with Crippen LogP contribution in [0.3, 0.4) is 0 Å². The van der Waals surface area contributed by atoms with E-state index in [2.05, 4.69) is 6.92 Å². The molecular formula is C10H16O2. The number of ketones is 1. The van der Waals surface area contributed by atoms with Gasteiger partial charge in [0, 0.05) is 6.42 Å². The first-order chi connectivity index (χ1) is 5.79. The molecule has 2 rings (SSSR count). The van der Waals surface area contributed by atoms with E-state index in [4.69, 9.17) is 4.74 Å². The van der Waals surface area contributed by atoms with E-state index in [1.807, 2.05) is 0 Å². The summed E-state index contributed by atoms with van der Waals surface area (Å²) in [4.78, 5) is 11.4. The Morgan fingerprint density at radius 2 is 2.42 bits per heavy atom. The minimum Gasteiger partial charge on any atom is -0.358 e. The second-order valence-electron chi connectivity index (χ2n) is 3.91. The number of hydrogen-bond donors (Lipinski definition) is 0. The number of unbranched alkanes of at least 4 members (excludes halogenated alkanes) is 2. The summed E-state index contributed by atoms with van der Waals surface area (Å²) in [6.07, 6.45) is 6.62. The van der Waals surface area contributed by atoms with Gasteiger partial charge in [-0.25, -0.2) is 0 Å². The van der Waals surface area contributed by atoms with E-state index in [1.54, 1.807) is 0 Å². The van der Waals surface area contributed by atoms with Crippen LogP contribution in [0.15, 0.2) is 0 Å². The summed E-state index contributed by atoms with van der Waals surface area (Å²) in [5.74, 6) is 0.364. The maximum atomic E-state index is 11.4. The van der Waals surface area contributed by atoms with E-state index in [9.17, 15) is 4.79 Å². The average molecular weight is 168 g/mol. The zero-order chi connectivity index (χ0) is 8.60. The normalized spacial score (nSPS) is 38.4. The fraction of sp³-hybridized carbons (Fsp3) is 0.900. The largest absolute Gasteiger partial charge is 0.358 e. The Balaban J connectivity index is 1.83. The van der Waals surface area contributed by atoms with Crippen LogP contribution in [0, 0.1) is 0 Å². The van der Waals surface area contributed by atoms with Crippen LogP contribution in [0.2, 0.25) is 0 Å². The van der Waals surface area contributed by atoms with Crippen molar-refractivity contribution in [2.75, 3.05) is 0 Å². The molecule has 0 aromatic rings. The molecule has 0 aromatic heterocycles. The quantitative estimate of drug-likeness (QED) is 0.475. The molecule has 2 heteroatoms. The van der Waals surface area contributed by atoms with Gasteiger partial charge in [0.05, 0.1) is 6.10 Å². The molecule has 1 aliphatic carbocycles. The first-order valence-corrected chi connectivity index (χ1v) is 5.01. The number of fused-ring (bicyclic) bond motifs is 1. The summed E-state index contributed by atoms with van der Waals surface area (Å²) in [5.41, 5.74) is -0.269. The van der Waals surface area contributed by atoms with Crippen LogP contribution in [0.1, 0.15) is 45.4 Å². The van der Waals surface area contributed by atoms with Crippen LogP contribution < -0.4 is 0 Å². The van der Waals surface area contributed by atoms with Gasteiger partial charge in [-0.15, -0.1) is 0 Å². The van der Waals surface area contributed by atoms with Gasteiger partial charge in [-0.05, 0) is 12.8 Å². The number of Topliss-reactive ketones (excluding diaryl/α,β-unsaturated/α-hetero) is 1. The Morgan fingerprint density at radius 1 is 1.58 bits per heavy atom. The van der Waals surface area contributed by atoms with Crippen molar-refractivity contribution in [3.63, 3.8) is 0 Å². The molecule has 0 unspecified atom stereocenters. The van der Waals surface area contributed by atoms with E-state index in [-0.39, 0.29) is 5.60 Å². The predicted molar refractivity (Wildman–Crippen MR) is 46.0 cm³/mol. The molecule has 0 N–H and O–H groups in total. The molecule has 2 fully saturated rings. The molecule has 12 heavy (non-hydrogen) atoms. The molecule has 1 saturated carbocycles. The highest BCUT2D eigenvalue weighted by atomic mass is 16.6. The molecule has 0 radical (unpaired) electrons. The van der Waals surface area contributed by atoms with Crippen LogP contribution in [-0.2, 0) is 9.53 Å². The second-order valence-corrected chi connectivity index (χ2v) is 3.91. The maximum absolute atomic E-state index is 11.4. The Morgan fingerprint density at radius 3 is 2.92 bits per heavy atom. The number of hydrogen-bond acceptors (Lipinski definition) is 2.